The van der Waals surface area contributed by atoms with Gasteiger partial charge in [0.1, 0.15) is 0 Å². The van der Waals surface area contributed by atoms with E-state index in [-0.39, 0.29) is 18.4 Å². The number of benzene rings is 2. The Balaban J connectivity index is 1.26. The number of anilines is 1. The lowest BCUT2D eigenvalue weighted by molar-refractivity contribution is -0.137. The summed E-state index contributed by atoms with van der Waals surface area (Å²) in [6, 6.07) is 12.2. The molecule has 0 bridgehead atoms. The number of carbonyl (C=O) groups excluding carboxylic acids is 2. The van der Waals surface area contributed by atoms with Gasteiger partial charge in [0, 0.05) is 45.0 Å². The monoisotopic (exact) mass is 429 g/mol. The molecule has 0 aromatic heterocycles. The highest BCUT2D eigenvalue weighted by molar-refractivity contribution is 6.21. The van der Waals surface area contributed by atoms with E-state index in [9.17, 15) is 22.8 Å². The maximum Gasteiger partial charge on any atom is 0.416 e. The fourth-order valence-corrected chi connectivity index (χ4v) is 3.88. The summed E-state index contributed by atoms with van der Waals surface area (Å²) in [5.41, 5.74) is 0.817. The Labute approximate surface area is 178 Å². The third-order valence-corrected chi connectivity index (χ3v) is 5.61. The molecule has 2 aliphatic heterocycles. The molecule has 162 valence electrons. The highest BCUT2D eigenvalue weighted by atomic mass is 19.4. The Kier molecular flexibility index (Phi) is 5.82. The van der Waals surface area contributed by atoms with E-state index < -0.39 is 11.7 Å². The average Bonchev–Trinajstić information content (AvgIpc) is 3.01. The molecular formula is C23H22F3N3O2. The summed E-state index contributed by atoms with van der Waals surface area (Å²) in [5.74, 6) is -0.556. The summed E-state index contributed by atoms with van der Waals surface area (Å²) in [6.45, 7) is 3.57. The van der Waals surface area contributed by atoms with Gasteiger partial charge >= 0.3 is 6.18 Å². The number of rotatable bonds is 5. The molecule has 2 aromatic rings. The Morgan fingerprint density at radius 3 is 2.03 bits per heavy atom. The number of alkyl halides is 3. The van der Waals surface area contributed by atoms with E-state index in [1.807, 2.05) is 11.0 Å². The molecule has 2 aromatic carbocycles. The molecule has 1 saturated heterocycles. The Morgan fingerprint density at radius 2 is 1.42 bits per heavy atom. The van der Waals surface area contributed by atoms with Crippen molar-refractivity contribution in [2.24, 2.45) is 0 Å². The van der Waals surface area contributed by atoms with Crippen LogP contribution in [0.15, 0.2) is 60.7 Å². The molecule has 4 rings (SSSR count). The van der Waals surface area contributed by atoms with Gasteiger partial charge in [0.15, 0.2) is 0 Å². The summed E-state index contributed by atoms with van der Waals surface area (Å²) in [6.07, 6.45) is -0.619. The second-order valence-electron chi connectivity index (χ2n) is 7.57. The maximum atomic E-state index is 12.9. The number of carbonyl (C=O) groups is 2. The lowest BCUT2D eigenvalue weighted by Crippen LogP contribution is -2.46. The highest BCUT2D eigenvalue weighted by Crippen LogP contribution is 2.31. The van der Waals surface area contributed by atoms with Crippen molar-refractivity contribution in [1.29, 1.82) is 0 Å². The Hall–Kier alpha value is -3.13. The fourth-order valence-electron chi connectivity index (χ4n) is 3.88. The van der Waals surface area contributed by atoms with Gasteiger partial charge in [-0.15, -0.1) is 0 Å². The first-order valence-corrected chi connectivity index (χ1v) is 10.1. The molecule has 2 aliphatic rings. The van der Waals surface area contributed by atoms with Crippen LogP contribution in [0.25, 0.3) is 0 Å². The molecule has 0 spiro atoms. The van der Waals surface area contributed by atoms with E-state index in [1.165, 1.54) is 17.0 Å². The SMILES string of the molecule is O=C1c2ccccc2C(=O)N1C/C=C/CN1CCN(c2cccc(C(F)(F)F)c2)CC1. The van der Waals surface area contributed by atoms with Crippen molar-refractivity contribution >= 4 is 17.5 Å². The summed E-state index contributed by atoms with van der Waals surface area (Å²) < 4.78 is 38.8. The van der Waals surface area contributed by atoms with Crippen molar-refractivity contribution in [2.75, 3.05) is 44.2 Å². The number of amides is 2. The predicted octanol–water partition coefficient (Wildman–Crippen LogP) is 3.68. The highest BCUT2D eigenvalue weighted by Gasteiger charge is 2.34. The minimum absolute atomic E-state index is 0.219. The van der Waals surface area contributed by atoms with Crippen molar-refractivity contribution in [3.63, 3.8) is 0 Å². The van der Waals surface area contributed by atoms with Gasteiger partial charge in [-0.25, -0.2) is 0 Å². The molecule has 0 atom stereocenters. The molecule has 8 heteroatoms. The molecule has 0 radical (unpaired) electrons. The van der Waals surface area contributed by atoms with Crippen LogP contribution < -0.4 is 4.90 Å². The van der Waals surface area contributed by atoms with Gasteiger partial charge in [0.25, 0.3) is 11.8 Å². The summed E-state index contributed by atoms with van der Waals surface area (Å²) in [4.78, 5) is 30.1. The van der Waals surface area contributed by atoms with Crippen LogP contribution in [0, 0.1) is 0 Å². The Bertz CT molecular complexity index is 976. The van der Waals surface area contributed by atoms with Crippen LogP contribution in [0.2, 0.25) is 0 Å². The minimum Gasteiger partial charge on any atom is -0.369 e. The van der Waals surface area contributed by atoms with E-state index in [0.29, 0.717) is 49.5 Å². The van der Waals surface area contributed by atoms with E-state index >= 15 is 0 Å². The number of hydrogen-bond donors (Lipinski definition) is 0. The van der Waals surface area contributed by atoms with Crippen molar-refractivity contribution in [3.05, 3.63) is 77.4 Å². The maximum absolute atomic E-state index is 12.9. The molecule has 0 unspecified atom stereocenters. The number of fused-ring (bicyclic) bond motifs is 1. The average molecular weight is 429 g/mol. The second-order valence-corrected chi connectivity index (χ2v) is 7.57. The lowest BCUT2D eigenvalue weighted by atomic mass is 10.1. The van der Waals surface area contributed by atoms with Gasteiger partial charge in [0.2, 0.25) is 0 Å². The van der Waals surface area contributed by atoms with E-state index in [1.54, 1.807) is 36.4 Å². The quantitative estimate of drug-likeness (QED) is 0.537. The Morgan fingerprint density at radius 1 is 0.806 bits per heavy atom. The van der Waals surface area contributed by atoms with Gasteiger partial charge in [-0.3, -0.25) is 19.4 Å². The number of hydrogen-bond acceptors (Lipinski definition) is 4. The smallest absolute Gasteiger partial charge is 0.369 e. The van der Waals surface area contributed by atoms with E-state index in [4.69, 9.17) is 0 Å². The van der Waals surface area contributed by atoms with Gasteiger partial charge in [-0.1, -0.05) is 30.4 Å². The molecule has 5 nitrogen and oxygen atoms in total. The third-order valence-electron chi connectivity index (χ3n) is 5.61. The first-order chi connectivity index (χ1) is 14.8. The normalized spacial score (nSPS) is 17.6. The zero-order chi connectivity index (χ0) is 22.0. The molecular weight excluding hydrogens is 407 g/mol. The molecule has 1 fully saturated rings. The topological polar surface area (TPSA) is 43.9 Å². The standard InChI is InChI=1S/C23H22F3N3O2/c24-23(25,26)17-6-5-7-18(16-17)28-14-12-27(13-15-28)10-3-4-11-29-21(30)19-8-1-2-9-20(19)22(29)31/h1-9,16H,10-15H2/b4-3+. The molecule has 0 aliphatic carbocycles. The van der Waals surface area contributed by atoms with Crippen molar-refractivity contribution < 1.29 is 22.8 Å². The van der Waals surface area contributed by atoms with Crippen LogP contribution in [0.1, 0.15) is 26.3 Å². The lowest BCUT2D eigenvalue weighted by Gasteiger charge is -2.35. The zero-order valence-corrected chi connectivity index (χ0v) is 16.8. The predicted molar refractivity (Wildman–Crippen MR) is 111 cm³/mol. The van der Waals surface area contributed by atoms with Crippen LogP contribution in [0.5, 0.6) is 0 Å². The van der Waals surface area contributed by atoms with E-state index in [0.717, 1.165) is 6.07 Å². The van der Waals surface area contributed by atoms with Crippen molar-refractivity contribution in [1.82, 2.24) is 9.80 Å². The van der Waals surface area contributed by atoms with Crippen LogP contribution in [-0.4, -0.2) is 60.9 Å². The molecule has 0 saturated carbocycles. The van der Waals surface area contributed by atoms with E-state index in [2.05, 4.69) is 4.90 Å². The molecule has 2 heterocycles. The van der Waals surface area contributed by atoms with Gasteiger partial charge in [-0.2, -0.15) is 13.2 Å². The van der Waals surface area contributed by atoms with Crippen molar-refractivity contribution in [2.45, 2.75) is 6.18 Å². The number of imide groups is 1. The van der Waals surface area contributed by atoms with Gasteiger partial charge in [0.05, 0.1) is 16.7 Å². The van der Waals surface area contributed by atoms with Crippen LogP contribution >= 0.6 is 0 Å². The molecule has 0 N–H and O–H groups in total. The summed E-state index contributed by atoms with van der Waals surface area (Å²) in [5, 5.41) is 0. The largest absolute Gasteiger partial charge is 0.416 e. The van der Waals surface area contributed by atoms with Crippen LogP contribution in [-0.2, 0) is 6.18 Å². The second kappa shape index (κ2) is 8.55. The van der Waals surface area contributed by atoms with Crippen molar-refractivity contribution in [3.8, 4) is 0 Å². The zero-order valence-electron chi connectivity index (χ0n) is 16.8. The summed E-state index contributed by atoms with van der Waals surface area (Å²) in [7, 11) is 0. The van der Waals surface area contributed by atoms with Gasteiger partial charge < -0.3 is 4.90 Å². The van der Waals surface area contributed by atoms with Crippen LogP contribution in [0.4, 0.5) is 18.9 Å². The fraction of sp³-hybridized carbons (Fsp3) is 0.304. The first kappa shape index (κ1) is 21.1. The first-order valence-electron chi connectivity index (χ1n) is 10.1. The summed E-state index contributed by atoms with van der Waals surface area (Å²) >= 11 is 0. The van der Waals surface area contributed by atoms with Crippen LogP contribution in [0.3, 0.4) is 0 Å². The number of nitrogens with zero attached hydrogens (tertiary/aromatic N) is 3. The third kappa shape index (κ3) is 4.49. The number of halogens is 3. The van der Waals surface area contributed by atoms with Gasteiger partial charge in [-0.05, 0) is 30.3 Å². The minimum atomic E-state index is -4.35. The molecule has 31 heavy (non-hydrogen) atoms. The number of piperazine rings is 1. The molecule has 2 amide bonds.